The fourth-order valence-electron chi connectivity index (χ4n) is 1.86. The van der Waals surface area contributed by atoms with Gasteiger partial charge < -0.3 is 4.90 Å². The number of carbonyl (C=O) groups excluding carboxylic acids is 1. The number of benzene rings is 1. The zero-order valence-corrected chi connectivity index (χ0v) is 12.4. The largest absolute Gasteiger partial charge is 0.335 e. The number of hydrogen-bond acceptors (Lipinski definition) is 1. The second-order valence-corrected chi connectivity index (χ2v) is 5.44. The van der Waals surface area contributed by atoms with Crippen LogP contribution in [0.1, 0.15) is 49.5 Å². The molecule has 1 aromatic carbocycles. The van der Waals surface area contributed by atoms with Crippen LogP contribution in [0.5, 0.6) is 0 Å². The molecule has 0 N–H and O–H groups in total. The van der Waals surface area contributed by atoms with Crippen molar-refractivity contribution in [2.75, 3.05) is 12.4 Å². The Hall–Kier alpha value is -1.02. The van der Waals surface area contributed by atoms with Crippen LogP contribution in [0, 0.1) is 0 Å². The Morgan fingerprint density at radius 3 is 2.11 bits per heavy atom. The summed E-state index contributed by atoms with van der Waals surface area (Å²) >= 11 is 5.74. The molecule has 1 rings (SSSR count). The smallest absolute Gasteiger partial charge is 0.254 e. The summed E-state index contributed by atoms with van der Waals surface area (Å²) in [6.07, 6.45) is 0. The molecular weight excluding hydrogens is 246 g/mol. The quantitative estimate of drug-likeness (QED) is 0.741. The van der Waals surface area contributed by atoms with Crippen LogP contribution in [0.2, 0.25) is 0 Å². The normalized spacial score (nSPS) is 11.1. The van der Waals surface area contributed by atoms with Crippen LogP contribution >= 0.6 is 11.6 Å². The van der Waals surface area contributed by atoms with Crippen molar-refractivity contribution >= 4 is 17.5 Å². The molecular formula is C15H22ClNO. The van der Waals surface area contributed by atoms with Crippen molar-refractivity contribution in [3.63, 3.8) is 0 Å². The van der Waals surface area contributed by atoms with Gasteiger partial charge in [0, 0.05) is 24.0 Å². The van der Waals surface area contributed by atoms with E-state index >= 15 is 0 Å². The van der Waals surface area contributed by atoms with Crippen molar-refractivity contribution in [2.45, 2.75) is 39.7 Å². The summed E-state index contributed by atoms with van der Waals surface area (Å²) in [5.74, 6) is 1.01. The van der Waals surface area contributed by atoms with Gasteiger partial charge in [-0.15, -0.1) is 11.6 Å². The molecule has 0 unspecified atom stereocenters. The summed E-state index contributed by atoms with van der Waals surface area (Å²) in [6.45, 7) is 8.89. The van der Waals surface area contributed by atoms with Crippen molar-refractivity contribution in [2.24, 2.45) is 0 Å². The minimum absolute atomic E-state index is 0.0564. The molecule has 1 amide bonds. The van der Waals surface area contributed by atoms with Crippen molar-refractivity contribution in [1.29, 1.82) is 0 Å². The number of carbonyl (C=O) groups is 1. The van der Waals surface area contributed by atoms with Crippen LogP contribution in [-0.4, -0.2) is 29.3 Å². The highest BCUT2D eigenvalue weighted by atomic mass is 35.5. The molecule has 0 fully saturated rings. The van der Waals surface area contributed by atoms with Crippen LogP contribution in [0.4, 0.5) is 0 Å². The predicted octanol–water partition coefficient (Wildman–Crippen LogP) is 3.90. The maximum atomic E-state index is 12.3. The van der Waals surface area contributed by atoms with E-state index in [0.29, 0.717) is 18.3 Å². The van der Waals surface area contributed by atoms with E-state index in [1.807, 2.05) is 38.1 Å². The molecule has 1 aromatic rings. The van der Waals surface area contributed by atoms with E-state index in [2.05, 4.69) is 13.8 Å². The molecule has 3 heteroatoms. The highest BCUT2D eigenvalue weighted by Crippen LogP contribution is 2.16. The average molecular weight is 268 g/mol. The molecule has 0 spiro atoms. The Labute approximate surface area is 115 Å². The molecule has 0 aliphatic rings. The lowest BCUT2D eigenvalue weighted by molar-refractivity contribution is 0.0718. The fraction of sp³-hybridized carbons (Fsp3) is 0.533. The SMILES string of the molecule is CC(C)c1ccc(C(=O)N(CCCl)C(C)C)cc1. The van der Waals surface area contributed by atoms with E-state index in [0.717, 1.165) is 5.56 Å². The fourth-order valence-corrected chi connectivity index (χ4v) is 2.04. The molecule has 0 bridgehead atoms. The molecule has 0 aromatic heterocycles. The highest BCUT2D eigenvalue weighted by molar-refractivity contribution is 6.18. The van der Waals surface area contributed by atoms with E-state index in [1.54, 1.807) is 4.90 Å². The lowest BCUT2D eigenvalue weighted by Crippen LogP contribution is -2.38. The Morgan fingerprint density at radius 1 is 1.17 bits per heavy atom. The molecule has 0 aliphatic heterocycles. The van der Waals surface area contributed by atoms with Crippen LogP contribution in [0.25, 0.3) is 0 Å². The summed E-state index contributed by atoms with van der Waals surface area (Å²) < 4.78 is 0. The van der Waals surface area contributed by atoms with Gasteiger partial charge in [-0.25, -0.2) is 0 Å². The van der Waals surface area contributed by atoms with Gasteiger partial charge in [-0.1, -0.05) is 26.0 Å². The van der Waals surface area contributed by atoms with Crippen molar-refractivity contribution in [3.8, 4) is 0 Å². The van der Waals surface area contributed by atoms with Gasteiger partial charge in [0.05, 0.1) is 0 Å². The van der Waals surface area contributed by atoms with Crippen LogP contribution in [0.3, 0.4) is 0 Å². The maximum absolute atomic E-state index is 12.3. The third-order valence-corrected chi connectivity index (χ3v) is 3.20. The third-order valence-electron chi connectivity index (χ3n) is 3.03. The number of rotatable bonds is 5. The molecule has 0 aliphatic carbocycles. The Morgan fingerprint density at radius 2 is 1.72 bits per heavy atom. The topological polar surface area (TPSA) is 20.3 Å². The second-order valence-electron chi connectivity index (χ2n) is 5.06. The van der Waals surface area contributed by atoms with Crippen LogP contribution in [-0.2, 0) is 0 Å². The van der Waals surface area contributed by atoms with Gasteiger partial charge in [0.1, 0.15) is 0 Å². The average Bonchev–Trinajstić information content (AvgIpc) is 2.35. The monoisotopic (exact) mass is 267 g/mol. The summed E-state index contributed by atoms with van der Waals surface area (Å²) in [4.78, 5) is 14.1. The van der Waals surface area contributed by atoms with Gasteiger partial charge in [0.2, 0.25) is 0 Å². The first-order valence-electron chi connectivity index (χ1n) is 6.44. The lowest BCUT2D eigenvalue weighted by Gasteiger charge is -2.26. The lowest BCUT2D eigenvalue weighted by atomic mass is 10.0. The first-order valence-corrected chi connectivity index (χ1v) is 6.97. The Balaban J connectivity index is 2.88. The zero-order chi connectivity index (χ0) is 13.7. The van der Waals surface area contributed by atoms with Crippen LogP contribution < -0.4 is 0 Å². The minimum Gasteiger partial charge on any atom is -0.335 e. The number of alkyl halides is 1. The first kappa shape index (κ1) is 15.0. The third kappa shape index (κ3) is 3.74. The zero-order valence-electron chi connectivity index (χ0n) is 11.6. The van der Waals surface area contributed by atoms with E-state index < -0.39 is 0 Å². The Kier molecular flexibility index (Phi) is 5.67. The van der Waals surface area contributed by atoms with Crippen LogP contribution in [0.15, 0.2) is 24.3 Å². The van der Waals surface area contributed by atoms with Crippen molar-refractivity contribution in [3.05, 3.63) is 35.4 Å². The van der Waals surface area contributed by atoms with E-state index in [4.69, 9.17) is 11.6 Å². The molecule has 100 valence electrons. The molecule has 0 saturated carbocycles. The number of nitrogens with zero attached hydrogens (tertiary/aromatic N) is 1. The van der Waals surface area contributed by atoms with Gasteiger partial charge in [0.25, 0.3) is 5.91 Å². The second kappa shape index (κ2) is 6.79. The molecule has 2 nitrogen and oxygen atoms in total. The molecule has 18 heavy (non-hydrogen) atoms. The van der Waals surface area contributed by atoms with E-state index in [-0.39, 0.29) is 11.9 Å². The van der Waals surface area contributed by atoms with E-state index in [1.165, 1.54) is 5.56 Å². The Bertz CT molecular complexity index is 384. The van der Waals surface area contributed by atoms with Gasteiger partial charge in [-0.05, 0) is 37.5 Å². The standard InChI is InChI=1S/C15H22ClNO/c1-11(2)13-5-7-14(8-6-13)15(18)17(10-9-16)12(3)4/h5-8,11-12H,9-10H2,1-4H3. The van der Waals surface area contributed by atoms with Gasteiger partial charge in [-0.3, -0.25) is 4.79 Å². The maximum Gasteiger partial charge on any atom is 0.254 e. The highest BCUT2D eigenvalue weighted by Gasteiger charge is 2.17. The molecule has 0 radical (unpaired) electrons. The number of amides is 1. The predicted molar refractivity (Wildman–Crippen MR) is 77.4 cm³/mol. The number of hydrogen-bond donors (Lipinski definition) is 0. The summed E-state index contributed by atoms with van der Waals surface area (Å²) in [7, 11) is 0. The number of halogens is 1. The first-order chi connectivity index (χ1) is 8.47. The van der Waals surface area contributed by atoms with E-state index in [9.17, 15) is 4.79 Å². The van der Waals surface area contributed by atoms with Crippen molar-refractivity contribution < 1.29 is 4.79 Å². The molecule has 0 heterocycles. The molecule has 0 atom stereocenters. The van der Waals surface area contributed by atoms with Gasteiger partial charge >= 0.3 is 0 Å². The van der Waals surface area contributed by atoms with Crippen molar-refractivity contribution in [1.82, 2.24) is 4.90 Å². The summed E-state index contributed by atoms with van der Waals surface area (Å²) in [6, 6.07) is 8.03. The molecule has 0 saturated heterocycles. The van der Waals surface area contributed by atoms with Gasteiger partial charge in [-0.2, -0.15) is 0 Å². The van der Waals surface area contributed by atoms with Gasteiger partial charge in [0.15, 0.2) is 0 Å². The summed E-state index contributed by atoms with van der Waals surface area (Å²) in [5.41, 5.74) is 1.98. The minimum atomic E-state index is 0.0564. The summed E-state index contributed by atoms with van der Waals surface area (Å²) in [5, 5.41) is 0.